The fourth-order valence-corrected chi connectivity index (χ4v) is 9.63. The van der Waals surface area contributed by atoms with E-state index in [-0.39, 0.29) is 28.3 Å². The van der Waals surface area contributed by atoms with E-state index < -0.39 is 27.0 Å². The predicted octanol–water partition coefficient (Wildman–Crippen LogP) is 3.63. The van der Waals surface area contributed by atoms with E-state index in [0.717, 1.165) is 12.8 Å². The van der Waals surface area contributed by atoms with E-state index in [1.54, 1.807) is 0 Å². The fraction of sp³-hybridized carbons (Fsp3) is 0.850. The van der Waals surface area contributed by atoms with E-state index >= 15 is 0 Å². The van der Waals surface area contributed by atoms with E-state index in [0.29, 0.717) is 13.2 Å². The van der Waals surface area contributed by atoms with Crippen LogP contribution in [0.4, 0.5) is 4.79 Å². The van der Waals surface area contributed by atoms with E-state index in [9.17, 15) is 4.79 Å². The molecule has 0 aromatic rings. The third-order valence-corrected chi connectivity index (χ3v) is 10.9. The Hall–Kier alpha value is -0.933. The first kappa shape index (κ1) is 21.8. The minimum atomic E-state index is -2.69. The van der Waals surface area contributed by atoms with Crippen LogP contribution in [0.5, 0.6) is 0 Å². The van der Waals surface area contributed by atoms with Crippen molar-refractivity contribution in [1.29, 1.82) is 0 Å². The van der Waals surface area contributed by atoms with Crippen LogP contribution in [-0.4, -0.2) is 58.5 Å². The van der Waals surface area contributed by atoms with E-state index in [4.69, 9.17) is 23.1 Å². The summed E-state index contributed by atoms with van der Waals surface area (Å²) in [5.74, 6) is 0. The lowest BCUT2D eigenvalue weighted by molar-refractivity contribution is -0.269. The van der Waals surface area contributed by atoms with Crippen LogP contribution in [0.15, 0.2) is 12.7 Å². The maximum Gasteiger partial charge on any atom is 0.408 e. The Morgan fingerprint density at radius 3 is 2.50 bits per heavy atom. The molecule has 3 saturated heterocycles. The van der Waals surface area contributed by atoms with Crippen molar-refractivity contribution >= 4 is 14.7 Å². The Morgan fingerprint density at radius 1 is 1.21 bits per heavy atom. The van der Waals surface area contributed by atoms with Gasteiger partial charge in [0.05, 0.1) is 13.2 Å². The standard InChI is InChI=1S/C20H35NO6Si/c1-8-9-10-11-23-17-14-16(26-18(22)21-14)15-13(25-17)12-24-28(27-15,19(2,3)4)20(5,6)7/h8,13-17H,1,9-12H2,2-7H3,(H,21,22)/t13-,14+,15-,16-,17-/m1/s1. The van der Waals surface area contributed by atoms with Gasteiger partial charge in [0.25, 0.3) is 0 Å². The second-order valence-corrected chi connectivity index (χ2v) is 14.7. The van der Waals surface area contributed by atoms with Crippen molar-refractivity contribution in [2.75, 3.05) is 13.2 Å². The summed E-state index contributed by atoms with van der Waals surface area (Å²) in [7, 11) is -2.69. The van der Waals surface area contributed by atoms with Crippen molar-refractivity contribution in [3.63, 3.8) is 0 Å². The lowest BCUT2D eigenvalue weighted by Gasteiger charge is -2.57. The highest BCUT2D eigenvalue weighted by molar-refractivity contribution is 6.73. The minimum absolute atomic E-state index is 0.153. The maximum absolute atomic E-state index is 12.0. The number of amides is 1. The first-order chi connectivity index (χ1) is 13.0. The molecule has 5 atom stereocenters. The second-order valence-electron chi connectivity index (χ2n) is 9.89. The maximum atomic E-state index is 12.0. The van der Waals surface area contributed by atoms with Gasteiger partial charge < -0.3 is 28.4 Å². The van der Waals surface area contributed by atoms with Crippen LogP contribution in [0.2, 0.25) is 10.1 Å². The smallest absolute Gasteiger partial charge is 0.408 e. The van der Waals surface area contributed by atoms with Crippen LogP contribution in [0, 0.1) is 0 Å². The van der Waals surface area contributed by atoms with Crippen LogP contribution in [0.3, 0.4) is 0 Å². The number of carbonyl (C=O) groups excluding carboxylic acids is 1. The van der Waals surface area contributed by atoms with Crippen LogP contribution >= 0.6 is 0 Å². The van der Waals surface area contributed by atoms with E-state index in [1.807, 2.05) is 6.08 Å². The number of carbonyl (C=O) groups is 1. The average Bonchev–Trinajstić information content (AvgIpc) is 2.98. The Labute approximate surface area is 169 Å². The van der Waals surface area contributed by atoms with Gasteiger partial charge in [-0.1, -0.05) is 47.6 Å². The molecular formula is C20H35NO6Si. The van der Waals surface area contributed by atoms with Crippen LogP contribution in [0.25, 0.3) is 0 Å². The number of fused-ring (bicyclic) bond motifs is 3. The molecule has 3 fully saturated rings. The zero-order chi connectivity index (χ0) is 20.7. The molecule has 1 amide bonds. The molecule has 0 saturated carbocycles. The van der Waals surface area contributed by atoms with Gasteiger partial charge in [-0.25, -0.2) is 4.79 Å². The molecule has 7 nitrogen and oxygen atoms in total. The van der Waals surface area contributed by atoms with Crippen molar-refractivity contribution in [1.82, 2.24) is 5.32 Å². The third-order valence-electron chi connectivity index (χ3n) is 5.74. The lowest BCUT2D eigenvalue weighted by atomic mass is 9.98. The Balaban J connectivity index is 1.82. The van der Waals surface area contributed by atoms with Crippen molar-refractivity contribution in [3.05, 3.63) is 12.7 Å². The van der Waals surface area contributed by atoms with Gasteiger partial charge in [0, 0.05) is 10.1 Å². The fourth-order valence-electron chi connectivity index (χ4n) is 4.67. The highest BCUT2D eigenvalue weighted by Crippen LogP contribution is 2.55. The Bertz CT molecular complexity index is 584. The number of ether oxygens (including phenoxy) is 3. The van der Waals surface area contributed by atoms with Gasteiger partial charge in [0.15, 0.2) is 12.4 Å². The predicted molar refractivity (Wildman–Crippen MR) is 107 cm³/mol. The minimum Gasteiger partial charge on any atom is -0.441 e. The molecule has 0 spiro atoms. The van der Waals surface area contributed by atoms with Gasteiger partial charge in [0.2, 0.25) is 0 Å². The summed E-state index contributed by atoms with van der Waals surface area (Å²) in [6.45, 7) is 17.6. The van der Waals surface area contributed by atoms with Gasteiger partial charge in [0.1, 0.15) is 18.2 Å². The third kappa shape index (κ3) is 3.77. The first-order valence-corrected chi connectivity index (χ1v) is 12.0. The summed E-state index contributed by atoms with van der Waals surface area (Å²) >= 11 is 0. The van der Waals surface area contributed by atoms with Gasteiger partial charge in [-0.2, -0.15) is 0 Å². The van der Waals surface area contributed by atoms with Gasteiger partial charge >= 0.3 is 14.7 Å². The highest BCUT2D eigenvalue weighted by atomic mass is 28.4. The van der Waals surface area contributed by atoms with Gasteiger partial charge in [-0.15, -0.1) is 6.58 Å². The molecule has 3 aliphatic rings. The second kappa shape index (κ2) is 7.72. The van der Waals surface area contributed by atoms with Gasteiger partial charge in [-0.3, -0.25) is 0 Å². The summed E-state index contributed by atoms with van der Waals surface area (Å²) in [6, 6.07) is -0.387. The highest BCUT2D eigenvalue weighted by Gasteiger charge is 2.66. The van der Waals surface area contributed by atoms with E-state index in [1.165, 1.54) is 0 Å². The number of allylic oxidation sites excluding steroid dienone is 1. The number of hydrogen-bond donors (Lipinski definition) is 1. The average molecular weight is 414 g/mol. The number of nitrogens with one attached hydrogen (secondary N) is 1. The molecule has 3 aliphatic heterocycles. The van der Waals surface area contributed by atoms with Gasteiger partial charge in [-0.05, 0) is 12.8 Å². The number of alkyl carbamates (subject to hydrolysis) is 1. The van der Waals surface area contributed by atoms with Crippen LogP contribution in [0.1, 0.15) is 54.4 Å². The molecule has 1 N–H and O–H groups in total. The summed E-state index contributed by atoms with van der Waals surface area (Å²) in [5.41, 5.74) is 0. The van der Waals surface area contributed by atoms with Crippen LogP contribution < -0.4 is 5.32 Å². The Morgan fingerprint density at radius 2 is 1.89 bits per heavy atom. The number of unbranched alkanes of at least 4 members (excludes halogenated alkanes) is 1. The monoisotopic (exact) mass is 413 g/mol. The summed E-state index contributed by atoms with van der Waals surface area (Å²) in [4.78, 5) is 12.0. The SMILES string of the molecule is C=CCCCO[C@@H]1O[C@@H]2CO[Si](C(C)(C)C)(C(C)(C)C)O[C@H]2[C@@H]2OC(=O)N[C@H]12. The normalized spacial score (nSPS) is 34.8. The summed E-state index contributed by atoms with van der Waals surface area (Å²) < 4.78 is 31.0. The summed E-state index contributed by atoms with van der Waals surface area (Å²) in [6.07, 6.45) is 1.40. The molecule has 0 aliphatic carbocycles. The molecule has 28 heavy (non-hydrogen) atoms. The lowest BCUT2D eigenvalue weighted by Crippen LogP contribution is -2.71. The molecule has 0 bridgehead atoms. The van der Waals surface area contributed by atoms with Crippen molar-refractivity contribution in [3.8, 4) is 0 Å². The molecule has 3 heterocycles. The van der Waals surface area contributed by atoms with Crippen molar-refractivity contribution in [2.24, 2.45) is 0 Å². The number of rotatable bonds is 5. The molecule has 160 valence electrons. The molecule has 0 aromatic heterocycles. The number of hydrogen-bond acceptors (Lipinski definition) is 6. The molecule has 8 heteroatoms. The molecule has 0 unspecified atom stereocenters. The molecule has 0 aromatic carbocycles. The summed E-state index contributed by atoms with van der Waals surface area (Å²) in [5, 5.41) is 2.54. The van der Waals surface area contributed by atoms with E-state index in [2.05, 4.69) is 53.4 Å². The molecular weight excluding hydrogens is 378 g/mol. The van der Waals surface area contributed by atoms with Crippen LogP contribution in [-0.2, 0) is 23.1 Å². The zero-order valence-corrected chi connectivity index (χ0v) is 18.9. The first-order valence-electron chi connectivity index (χ1n) is 10.2. The molecule has 0 radical (unpaired) electrons. The van der Waals surface area contributed by atoms with Crippen molar-refractivity contribution < 1.29 is 27.9 Å². The topological polar surface area (TPSA) is 75.2 Å². The quantitative estimate of drug-likeness (QED) is 0.421. The molecule has 3 rings (SSSR count). The largest absolute Gasteiger partial charge is 0.441 e. The Kier molecular flexibility index (Phi) is 6.00. The zero-order valence-electron chi connectivity index (χ0n) is 17.9. The van der Waals surface area contributed by atoms with Crippen molar-refractivity contribution in [2.45, 2.75) is 95.1 Å².